The number of quaternary nitrogens is 1. The van der Waals surface area contributed by atoms with Crippen LogP contribution in [0.2, 0.25) is 0 Å². The zero-order valence-corrected chi connectivity index (χ0v) is 14.7. The summed E-state index contributed by atoms with van der Waals surface area (Å²) in [5, 5.41) is 12.5. The van der Waals surface area contributed by atoms with E-state index >= 15 is 0 Å². The number of aryl methyl sites for hydroxylation is 1. The van der Waals surface area contributed by atoms with Crippen LogP contribution >= 0.6 is 0 Å². The van der Waals surface area contributed by atoms with E-state index in [4.69, 9.17) is 0 Å². The quantitative estimate of drug-likeness (QED) is 0.524. The smallest absolute Gasteiger partial charge is 0.212 e. The molecule has 3 fully saturated rings. The van der Waals surface area contributed by atoms with Crippen molar-refractivity contribution in [3.63, 3.8) is 0 Å². The van der Waals surface area contributed by atoms with Crippen molar-refractivity contribution in [2.45, 2.75) is 25.0 Å². The Bertz CT molecular complexity index is 787. The Kier molecular flexibility index (Phi) is 3.74. The predicted molar refractivity (Wildman–Crippen MR) is 96.2 cm³/mol. The SMILES string of the molecule is C=C[C@H]1C[N@+]2(C)CC[C@H]1C[C@H]2[C@H](O)c1cc[n+](C)c2ccccc12. The molecule has 5 rings (SSSR count). The van der Waals surface area contributed by atoms with Crippen LogP contribution in [0.25, 0.3) is 10.9 Å². The van der Waals surface area contributed by atoms with Gasteiger partial charge in [0, 0.05) is 36.5 Å². The lowest BCUT2D eigenvalue weighted by Crippen LogP contribution is -2.66. The van der Waals surface area contributed by atoms with Gasteiger partial charge in [-0.3, -0.25) is 0 Å². The minimum atomic E-state index is -0.408. The first-order valence-electron chi connectivity index (χ1n) is 9.05. The van der Waals surface area contributed by atoms with Gasteiger partial charge in [0.2, 0.25) is 5.52 Å². The summed E-state index contributed by atoms with van der Waals surface area (Å²) in [5.41, 5.74) is 2.26. The first-order valence-corrected chi connectivity index (χ1v) is 9.05. The van der Waals surface area contributed by atoms with Gasteiger partial charge in [0.15, 0.2) is 6.20 Å². The Hall–Kier alpha value is -1.71. The molecular formula is C21H28N2O+2. The number of pyridine rings is 1. The van der Waals surface area contributed by atoms with E-state index in [0.29, 0.717) is 11.8 Å². The maximum Gasteiger partial charge on any atom is 0.212 e. The second-order valence-corrected chi connectivity index (χ2v) is 7.98. The zero-order valence-electron chi connectivity index (χ0n) is 14.7. The monoisotopic (exact) mass is 324 g/mol. The van der Waals surface area contributed by atoms with E-state index in [0.717, 1.165) is 23.0 Å². The van der Waals surface area contributed by atoms with Crippen molar-refractivity contribution in [3.05, 3.63) is 54.7 Å². The molecule has 0 saturated carbocycles. The van der Waals surface area contributed by atoms with E-state index < -0.39 is 6.10 Å². The number of hydrogen-bond acceptors (Lipinski definition) is 1. The van der Waals surface area contributed by atoms with Gasteiger partial charge in [0.05, 0.1) is 25.5 Å². The number of nitrogens with zero attached hydrogens (tertiary/aromatic N) is 2. The van der Waals surface area contributed by atoms with E-state index in [-0.39, 0.29) is 6.04 Å². The molecule has 2 aromatic rings. The van der Waals surface area contributed by atoms with Crippen LogP contribution in [0.1, 0.15) is 24.5 Å². The van der Waals surface area contributed by atoms with Crippen LogP contribution in [0.4, 0.5) is 0 Å². The van der Waals surface area contributed by atoms with Crippen molar-refractivity contribution in [2.24, 2.45) is 18.9 Å². The van der Waals surface area contributed by atoms with Crippen LogP contribution in [0, 0.1) is 11.8 Å². The first-order chi connectivity index (χ1) is 11.5. The maximum atomic E-state index is 11.3. The minimum absolute atomic E-state index is 0.288. The number of aliphatic hydroxyl groups is 1. The van der Waals surface area contributed by atoms with Crippen LogP contribution in [0.3, 0.4) is 0 Å². The third kappa shape index (κ3) is 2.30. The molecule has 3 heteroatoms. The van der Waals surface area contributed by atoms with Crippen molar-refractivity contribution in [1.82, 2.24) is 0 Å². The number of para-hydroxylation sites is 1. The number of hydrogen-bond donors (Lipinski definition) is 1. The molecular weight excluding hydrogens is 296 g/mol. The minimum Gasteiger partial charge on any atom is -0.382 e. The van der Waals surface area contributed by atoms with Crippen LogP contribution in [-0.4, -0.2) is 35.8 Å². The zero-order chi connectivity index (χ0) is 16.9. The first kappa shape index (κ1) is 15.8. The molecule has 4 heterocycles. The fraction of sp³-hybridized carbons (Fsp3) is 0.476. The molecule has 0 aliphatic carbocycles. The van der Waals surface area contributed by atoms with Crippen molar-refractivity contribution < 1.29 is 14.2 Å². The Morgan fingerprint density at radius 2 is 2.12 bits per heavy atom. The Morgan fingerprint density at radius 3 is 2.88 bits per heavy atom. The topological polar surface area (TPSA) is 24.1 Å². The molecule has 1 N–H and O–H groups in total. The highest BCUT2D eigenvalue weighted by Gasteiger charge is 2.51. The van der Waals surface area contributed by atoms with E-state index in [1.165, 1.54) is 23.9 Å². The summed E-state index contributed by atoms with van der Waals surface area (Å²) < 4.78 is 3.10. The van der Waals surface area contributed by atoms with Crippen LogP contribution < -0.4 is 4.57 Å². The highest BCUT2D eigenvalue weighted by molar-refractivity contribution is 5.79. The van der Waals surface area contributed by atoms with Gasteiger partial charge in [0.25, 0.3) is 0 Å². The highest BCUT2D eigenvalue weighted by atomic mass is 16.3. The van der Waals surface area contributed by atoms with Gasteiger partial charge in [-0.1, -0.05) is 18.2 Å². The number of aromatic nitrogens is 1. The second kappa shape index (κ2) is 5.68. The summed E-state index contributed by atoms with van der Waals surface area (Å²) in [6.07, 6.45) is 6.17. The third-order valence-corrected chi connectivity index (χ3v) is 6.65. The van der Waals surface area contributed by atoms with Gasteiger partial charge in [-0.15, -0.1) is 6.58 Å². The summed E-state index contributed by atoms with van der Waals surface area (Å²) >= 11 is 0. The number of fused-ring (bicyclic) bond motifs is 4. The van der Waals surface area contributed by atoms with Crippen molar-refractivity contribution in [2.75, 3.05) is 20.1 Å². The van der Waals surface area contributed by atoms with Crippen molar-refractivity contribution >= 4 is 10.9 Å². The molecule has 1 aromatic carbocycles. The molecule has 24 heavy (non-hydrogen) atoms. The second-order valence-electron chi connectivity index (χ2n) is 7.98. The third-order valence-electron chi connectivity index (χ3n) is 6.65. The molecule has 126 valence electrons. The summed E-state index contributed by atoms with van der Waals surface area (Å²) in [4.78, 5) is 0. The summed E-state index contributed by atoms with van der Waals surface area (Å²) in [6, 6.07) is 10.8. The molecule has 5 atom stereocenters. The lowest BCUT2D eigenvalue weighted by molar-refractivity contribution is -0.956. The fourth-order valence-electron chi connectivity index (χ4n) is 5.14. The summed E-state index contributed by atoms with van der Waals surface area (Å²) in [5.74, 6) is 1.30. The number of rotatable bonds is 3. The van der Waals surface area contributed by atoms with Gasteiger partial charge < -0.3 is 9.59 Å². The average Bonchev–Trinajstić information content (AvgIpc) is 2.61. The van der Waals surface area contributed by atoms with Gasteiger partial charge in [-0.25, -0.2) is 4.57 Å². The standard InChI is InChI=1S/C21H28N2O/c1-4-15-14-23(3)12-10-16(15)13-20(23)21(24)18-9-11-22(2)19-8-6-5-7-17(18)19/h4-9,11,15-16,20-21,24H,1,10,12-14H2,2-3H3/q+2/t15-,16-,20-,21+,23-/m0/s1. The van der Waals surface area contributed by atoms with Gasteiger partial charge >= 0.3 is 0 Å². The van der Waals surface area contributed by atoms with E-state index in [2.05, 4.69) is 67.8 Å². The molecule has 0 spiro atoms. The lowest BCUT2D eigenvalue weighted by atomic mass is 9.72. The van der Waals surface area contributed by atoms with Crippen LogP contribution in [0.5, 0.6) is 0 Å². The van der Waals surface area contributed by atoms with E-state index in [1.54, 1.807) is 0 Å². The highest BCUT2D eigenvalue weighted by Crippen LogP contribution is 2.45. The Morgan fingerprint density at radius 1 is 1.33 bits per heavy atom. The van der Waals surface area contributed by atoms with Crippen LogP contribution in [0.15, 0.2) is 49.2 Å². The molecule has 0 radical (unpaired) electrons. The predicted octanol–water partition coefficient (Wildman–Crippen LogP) is 2.74. The molecule has 0 unspecified atom stereocenters. The molecule has 2 bridgehead atoms. The number of likely N-dealkylation sites (N-methyl/N-ethyl adjacent to an activating group) is 1. The van der Waals surface area contributed by atoms with Gasteiger partial charge in [0.1, 0.15) is 19.2 Å². The largest absolute Gasteiger partial charge is 0.382 e. The Balaban J connectivity index is 1.74. The average molecular weight is 324 g/mol. The maximum absolute atomic E-state index is 11.3. The molecule has 3 aliphatic rings. The molecule has 3 aliphatic heterocycles. The molecule has 3 saturated heterocycles. The van der Waals surface area contributed by atoms with Crippen molar-refractivity contribution in [3.8, 4) is 0 Å². The lowest BCUT2D eigenvalue weighted by Gasteiger charge is -2.56. The van der Waals surface area contributed by atoms with E-state index in [9.17, 15) is 5.11 Å². The van der Waals surface area contributed by atoms with E-state index in [1.807, 2.05) is 0 Å². The molecule has 1 aromatic heterocycles. The number of benzene rings is 1. The van der Waals surface area contributed by atoms with Gasteiger partial charge in [-0.05, 0) is 12.0 Å². The molecule has 3 nitrogen and oxygen atoms in total. The van der Waals surface area contributed by atoms with Crippen LogP contribution in [-0.2, 0) is 7.05 Å². The number of piperidine rings is 3. The van der Waals surface area contributed by atoms with Crippen molar-refractivity contribution in [1.29, 1.82) is 0 Å². The van der Waals surface area contributed by atoms with Gasteiger partial charge in [-0.2, -0.15) is 0 Å². The Labute approximate surface area is 144 Å². The molecule has 0 amide bonds. The summed E-state index contributed by atoms with van der Waals surface area (Å²) in [7, 11) is 4.39. The fourth-order valence-corrected chi connectivity index (χ4v) is 5.14. The normalized spacial score (nSPS) is 33.5. The summed E-state index contributed by atoms with van der Waals surface area (Å²) in [6.45, 7) is 6.33. The number of aliphatic hydroxyl groups excluding tert-OH is 1.